The van der Waals surface area contributed by atoms with Crippen molar-refractivity contribution < 1.29 is 14.3 Å². The molecule has 0 aliphatic heterocycles. The fourth-order valence-corrected chi connectivity index (χ4v) is 4.93. The maximum absolute atomic E-state index is 12.8. The zero-order chi connectivity index (χ0) is 20.3. The van der Waals surface area contributed by atoms with Gasteiger partial charge in [0.1, 0.15) is 5.00 Å². The number of nitrogens with one attached hydrogen (secondary N) is 1. The van der Waals surface area contributed by atoms with E-state index in [0.717, 1.165) is 46.9 Å². The van der Waals surface area contributed by atoms with Crippen LogP contribution in [0.2, 0.25) is 0 Å². The lowest BCUT2D eigenvalue weighted by Crippen LogP contribution is -2.19. The molecule has 0 fully saturated rings. The van der Waals surface area contributed by atoms with Gasteiger partial charge in [-0.25, -0.2) is 4.79 Å². The highest BCUT2D eigenvalue weighted by atomic mass is 127. The van der Waals surface area contributed by atoms with Crippen LogP contribution in [0.1, 0.15) is 66.0 Å². The Morgan fingerprint density at radius 3 is 2.82 bits per heavy atom. The van der Waals surface area contributed by atoms with Crippen molar-refractivity contribution in [3.63, 3.8) is 0 Å². The Labute approximate surface area is 183 Å². The predicted octanol–water partition coefficient (Wildman–Crippen LogP) is 4.72. The van der Waals surface area contributed by atoms with Gasteiger partial charge < -0.3 is 10.1 Å². The van der Waals surface area contributed by atoms with Crippen molar-refractivity contribution >= 4 is 50.8 Å². The topological polar surface area (TPSA) is 73.2 Å². The van der Waals surface area contributed by atoms with Crippen LogP contribution in [-0.2, 0) is 28.9 Å². The zero-order valence-electron chi connectivity index (χ0n) is 16.5. The summed E-state index contributed by atoms with van der Waals surface area (Å²) in [6, 6.07) is 0. The molecule has 0 aromatic carbocycles. The number of anilines is 1. The summed E-state index contributed by atoms with van der Waals surface area (Å²) in [4.78, 5) is 26.5. The molecule has 6 nitrogen and oxygen atoms in total. The Bertz CT molecular complexity index is 855. The molecular weight excluding hydrogens is 489 g/mol. The number of rotatable bonds is 7. The summed E-state index contributed by atoms with van der Waals surface area (Å²) in [5.74, 6) is -0.430. The summed E-state index contributed by atoms with van der Waals surface area (Å²) in [6.45, 7) is 6.33. The minimum atomic E-state index is -0.318. The molecule has 2 heterocycles. The summed E-state index contributed by atoms with van der Waals surface area (Å²) in [5.41, 5.74) is 2.59. The first-order valence-electron chi connectivity index (χ1n) is 9.74. The van der Waals surface area contributed by atoms with Crippen LogP contribution < -0.4 is 5.32 Å². The van der Waals surface area contributed by atoms with Gasteiger partial charge in [0, 0.05) is 24.0 Å². The molecule has 0 spiro atoms. The van der Waals surface area contributed by atoms with Crippen molar-refractivity contribution in [1.82, 2.24) is 9.78 Å². The minimum absolute atomic E-state index is 0.112. The Kier molecular flexibility index (Phi) is 7.14. The molecule has 8 heteroatoms. The smallest absolute Gasteiger partial charge is 0.341 e. The van der Waals surface area contributed by atoms with Crippen molar-refractivity contribution in [3.05, 3.63) is 31.5 Å². The molecule has 152 valence electrons. The lowest BCUT2D eigenvalue weighted by Gasteiger charge is -2.15. The van der Waals surface area contributed by atoms with Gasteiger partial charge in [-0.2, -0.15) is 5.10 Å². The number of aromatic nitrogens is 2. The number of hydrogen-bond donors (Lipinski definition) is 1. The highest BCUT2D eigenvalue weighted by Crippen LogP contribution is 2.38. The molecule has 0 bridgehead atoms. The van der Waals surface area contributed by atoms with E-state index in [4.69, 9.17) is 4.74 Å². The molecule has 0 saturated heterocycles. The van der Waals surface area contributed by atoms with Gasteiger partial charge in [-0.15, -0.1) is 11.3 Å². The predicted molar refractivity (Wildman–Crippen MR) is 119 cm³/mol. The normalized spacial score (nSPS) is 14.4. The third kappa shape index (κ3) is 4.94. The van der Waals surface area contributed by atoms with Crippen LogP contribution in [0.15, 0.2) is 6.20 Å². The molecule has 3 rings (SSSR count). The van der Waals surface area contributed by atoms with Crippen LogP contribution in [-0.4, -0.2) is 27.8 Å². The third-order valence-electron chi connectivity index (χ3n) is 4.97. The largest absolute Gasteiger partial charge is 0.459 e. The average molecular weight is 515 g/mol. The quantitative estimate of drug-likeness (QED) is 0.428. The van der Waals surface area contributed by atoms with Crippen molar-refractivity contribution in [3.8, 4) is 0 Å². The van der Waals surface area contributed by atoms with E-state index in [1.165, 1.54) is 16.2 Å². The number of amides is 1. The number of ether oxygens (including phenoxy) is 1. The Balaban J connectivity index is 1.73. The minimum Gasteiger partial charge on any atom is -0.459 e. The number of hydrogen-bond acceptors (Lipinski definition) is 5. The molecule has 28 heavy (non-hydrogen) atoms. The fourth-order valence-electron chi connectivity index (χ4n) is 3.21. The summed E-state index contributed by atoms with van der Waals surface area (Å²) in [5, 5.41) is 7.99. The van der Waals surface area contributed by atoms with Crippen LogP contribution in [0.5, 0.6) is 0 Å². The van der Waals surface area contributed by atoms with Crippen LogP contribution in [0.3, 0.4) is 0 Å². The number of nitrogens with zero attached hydrogens (tertiary/aromatic N) is 2. The highest BCUT2D eigenvalue weighted by molar-refractivity contribution is 14.1. The van der Waals surface area contributed by atoms with Crippen molar-refractivity contribution in [1.29, 1.82) is 0 Å². The first-order valence-corrected chi connectivity index (χ1v) is 11.6. The summed E-state index contributed by atoms with van der Waals surface area (Å²) >= 11 is 3.76. The molecule has 0 radical (unpaired) electrons. The van der Waals surface area contributed by atoms with Gasteiger partial charge >= 0.3 is 5.97 Å². The van der Waals surface area contributed by atoms with E-state index in [0.29, 0.717) is 23.5 Å². The summed E-state index contributed by atoms with van der Waals surface area (Å²) in [6.07, 6.45) is 6.89. The van der Waals surface area contributed by atoms with E-state index < -0.39 is 0 Å². The average Bonchev–Trinajstić information content (AvgIpc) is 3.19. The molecule has 1 amide bonds. The monoisotopic (exact) mass is 515 g/mol. The molecule has 2 aromatic heterocycles. The van der Waals surface area contributed by atoms with Gasteiger partial charge in [0.15, 0.2) is 0 Å². The first-order chi connectivity index (χ1) is 13.4. The van der Waals surface area contributed by atoms with Crippen LogP contribution in [0.4, 0.5) is 5.00 Å². The van der Waals surface area contributed by atoms with Gasteiger partial charge in [-0.3, -0.25) is 9.48 Å². The van der Waals surface area contributed by atoms with E-state index in [1.54, 1.807) is 4.68 Å². The fraction of sp³-hybridized carbons (Fsp3) is 0.550. The Morgan fingerprint density at radius 2 is 2.14 bits per heavy atom. The summed E-state index contributed by atoms with van der Waals surface area (Å²) in [7, 11) is 0. The van der Waals surface area contributed by atoms with Gasteiger partial charge in [0.05, 0.1) is 20.9 Å². The van der Waals surface area contributed by atoms with Crippen molar-refractivity contribution in [2.75, 3.05) is 5.32 Å². The number of thiophene rings is 1. The van der Waals surface area contributed by atoms with E-state index in [9.17, 15) is 9.59 Å². The highest BCUT2D eigenvalue weighted by Gasteiger charge is 2.28. The van der Waals surface area contributed by atoms with E-state index in [1.807, 2.05) is 27.0 Å². The van der Waals surface area contributed by atoms with Gasteiger partial charge in [0.25, 0.3) is 0 Å². The van der Waals surface area contributed by atoms with Gasteiger partial charge in [-0.1, -0.05) is 6.92 Å². The Hall–Kier alpha value is -1.42. The first kappa shape index (κ1) is 21.3. The summed E-state index contributed by atoms with van der Waals surface area (Å²) < 4.78 is 8.45. The second-order valence-electron chi connectivity index (χ2n) is 7.16. The molecular formula is C20H26IN3O3S. The molecule has 0 saturated carbocycles. The molecule has 1 unspecified atom stereocenters. The number of carbonyl (C=O) groups excluding carboxylic acids is 2. The van der Waals surface area contributed by atoms with E-state index in [-0.39, 0.29) is 18.0 Å². The van der Waals surface area contributed by atoms with Crippen LogP contribution in [0, 0.1) is 10.5 Å². The number of aryl methyl sites for hydroxylation is 3. The second-order valence-corrected chi connectivity index (χ2v) is 9.43. The standard InChI is InChI=1S/C20H26IN3O3S/c1-4-12(2)27-20(26)18-14-7-5-6-8-16(14)28-19(18)22-17(25)9-10-24-11-15(21)13(3)23-24/h11-12H,4-10H2,1-3H3,(H,22,25). The number of halogens is 1. The van der Waals surface area contributed by atoms with Gasteiger partial charge in [0.2, 0.25) is 5.91 Å². The van der Waals surface area contributed by atoms with E-state index >= 15 is 0 Å². The molecule has 1 aliphatic carbocycles. The van der Waals surface area contributed by atoms with Crippen molar-refractivity contribution in [2.45, 2.75) is 71.9 Å². The van der Waals surface area contributed by atoms with Gasteiger partial charge in [-0.05, 0) is 74.1 Å². The molecule has 1 N–H and O–H groups in total. The number of esters is 1. The maximum atomic E-state index is 12.8. The Morgan fingerprint density at radius 1 is 1.39 bits per heavy atom. The number of carbonyl (C=O) groups is 2. The maximum Gasteiger partial charge on any atom is 0.341 e. The third-order valence-corrected chi connectivity index (χ3v) is 7.23. The van der Waals surface area contributed by atoms with Crippen LogP contribution in [0.25, 0.3) is 0 Å². The lowest BCUT2D eigenvalue weighted by atomic mass is 9.95. The molecule has 2 aromatic rings. The lowest BCUT2D eigenvalue weighted by molar-refractivity contribution is -0.116. The zero-order valence-corrected chi connectivity index (χ0v) is 19.5. The van der Waals surface area contributed by atoms with Crippen LogP contribution >= 0.6 is 33.9 Å². The number of fused-ring (bicyclic) bond motifs is 1. The molecule has 1 aliphatic rings. The van der Waals surface area contributed by atoms with E-state index in [2.05, 4.69) is 33.0 Å². The second kappa shape index (κ2) is 9.39. The molecule has 1 atom stereocenters. The van der Waals surface area contributed by atoms with Crippen molar-refractivity contribution in [2.24, 2.45) is 0 Å². The SMILES string of the molecule is CCC(C)OC(=O)c1c(NC(=O)CCn2cc(I)c(C)n2)sc2c1CCCC2.